The standard InChI is InChI=1S/C16H21ClN2O/c1-10-8-14(12(3)20-10)11(2)18-15-9-13(17)6-7-16(15)19(4)5/h6-9,11,18H,1-5H3. The van der Waals surface area contributed by atoms with Crippen molar-refractivity contribution in [3.05, 3.63) is 46.4 Å². The van der Waals surface area contributed by atoms with Crippen molar-refractivity contribution in [1.29, 1.82) is 0 Å². The molecule has 1 unspecified atom stereocenters. The molecule has 0 radical (unpaired) electrons. The molecule has 108 valence electrons. The van der Waals surface area contributed by atoms with Gasteiger partial charge in [0.2, 0.25) is 0 Å². The summed E-state index contributed by atoms with van der Waals surface area (Å²) in [5.74, 6) is 1.89. The highest BCUT2D eigenvalue weighted by molar-refractivity contribution is 6.31. The van der Waals surface area contributed by atoms with Gasteiger partial charge in [-0.15, -0.1) is 0 Å². The molecule has 0 aliphatic carbocycles. The van der Waals surface area contributed by atoms with Crippen LogP contribution in [0, 0.1) is 13.8 Å². The first-order chi connectivity index (χ1) is 9.38. The van der Waals surface area contributed by atoms with Crippen LogP contribution in [-0.2, 0) is 0 Å². The molecule has 0 saturated heterocycles. The number of aryl methyl sites for hydroxylation is 2. The van der Waals surface area contributed by atoms with Gasteiger partial charge < -0.3 is 14.6 Å². The van der Waals surface area contributed by atoms with Gasteiger partial charge in [0, 0.05) is 24.7 Å². The molecule has 1 N–H and O–H groups in total. The zero-order valence-electron chi connectivity index (χ0n) is 12.6. The first-order valence-electron chi connectivity index (χ1n) is 6.69. The summed E-state index contributed by atoms with van der Waals surface area (Å²) in [6.07, 6.45) is 0. The van der Waals surface area contributed by atoms with Gasteiger partial charge in [-0.3, -0.25) is 0 Å². The van der Waals surface area contributed by atoms with Crippen molar-refractivity contribution in [1.82, 2.24) is 0 Å². The Balaban J connectivity index is 2.29. The summed E-state index contributed by atoms with van der Waals surface area (Å²) < 4.78 is 5.60. The van der Waals surface area contributed by atoms with Crippen molar-refractivity contribution in [2.45, 2.75) is 26.8 Å². The van der Waals surface area contributed by atoms with Crippen molar-refractivity contribution in [3.63, 3.8) is 0 Å². The van der Waals surface area contributed by atoms with Crippen molar-refractivity contribution < 1.29 is 4.42 Å². The molecular formula is C16H21ClN2O. The maximum Gasteiger partial charge on any atom is 0.106 e. The molecule has 0 fully saturated rings. The predicted molar refractivity (Wildman–Crippen MR) is 86.0 cm³/mol. The number of nitrogens with zero attached hydrogens (tertiary/aromatic N) is 1. The topological polar surface area (TPSA) is 28.4 Å². The van der Waals surface area contributed by atoms with E-state index < -0.39 is 0 Å². The van der Waals surface area contributed by atoms with E-state index >= 15 is 0 Å². The predicted octanol–water partition coefficient (Wildman–Crippen LogP) is 4.79. The molecule has 2 rings (SSSR count). The summed E-state index contributed by atoms with van der Waals surface area (Å²) in [6.45, 7) is 6.08. The normalized spacial score (nSPS) is 12.3. The van der Waals surface area contributed by atoms with E-state index in [1.54, 1.807) is 0 Å². The lowest BCUT2D eigenvalue weighted by Crippen LogP contribution is -2.14. The minimum absolute atomic E-state index is 0.157. The van der Waals surface area contributed by atoms with Crippen LogP contribution in [0.3, 0.4) is 0 Å². The summed E-state index contributed by atoms with van der Waals surface area (Å²) in [6, 6.07) is 8.11. The molecule has 0 aliphatic heterocycles. The van der Waals surface area contributed by atoms with E-state index in [1.807, 2.05) is 46.1 Å². The lowest BCUT2D eigenvalue weighted by molar-refractivity contribution is 0.500. The third-order valence-corrected chi connectivity index (χ3v) is 3.59. The highest BCUT2D eigenvalue weighted by atomic mass is 35.5. The minimum Gasteiger partial charge on any atom is -0.466 e. The van der Waals surface area contributed by atoms with E-state index in [9.17, 15) is 0 Å². The average molecular weight is 293 g/mol. The van der Waals surface area contributed by atoms with Gasteiger partial charge in [-0.05, 0) is 45.0 Å². The van der Waals surface area contributed by atoms with Gasteiger partial charge in [0.1, 0.15) is 11.5 Å². The Kier molecular flexibility index (Phi) is 4.29. The third kappa shape index (κ3) is 3.10. The Morgan fingerprint density at radius 2 is 1.90 bits per heavy atom. The number of halogens is 1. The Morgan fingerprint density at radius 1 is 1.20 bits per heavy atom. The molecule has 20 heavy (non-hydrogen) atoms. The summed E-state index contributed by atoms with van der Waals surface area (Å²) >= 11 is 6.11. The van der Waals surface area contributed by atoms with Gasteiger partial charge >= 0.3 is 0 Å². The van der Waals surface area contributed by atoms with Crippen molar-refractivity contribution in [2.24, 2.45) is 0 Å². The van der Waals surface area contributed by atoms with E-state index in [4.69, 9.17) is 16.0 Å². The van der Waals surface area contributed by atoms with Gasteiger partial charge in [-0.2, -0.15) is 0 Å². The zero-order chi connectivity index (χ0) is 14.9. The van der Waals surface area contributed by atoms with Crippen LogP contribution in [0.2, 0.25) is 5.02 Å². The number of anilines is 2. The summed E-state index contributed by atoms with van der Waals surface area (Å²) in [4.78, 5) is 2.07. The van der Waals surface area contributed by atoms with Gasteiger partial charge in [-0.1, -0.05) is 11.6 Å². The quantitative estimate of drug-likeness (QED) is 0.878. The molecular weight excluding hydrogens is 272 g/mol. The van der Waals surface area contributed by atoms with E-state index in [2.05, 4.69) is 23.2 Å². The van der Waals surface area contributed by atoms with E-state index in [-0.39, 0.29) is 6.04 Å². The molecule has 2 aromatic rings. The van der Waals surface area contributed by atoms with Gasteiger partial charge in [0.15, 0.2) is 0 Å². The SMILES string of the molecule is Cc1cc(C(C)Nc2cc(Cl)ccc2N(C)C)c(C)o1. The van der Waals surface area contributed by atoms with Crippen LogP contribution in [0.4, 0.5) is 11.4 Å². The van der Waals surface area contributed by atoms with E-state index in [0.29, 0.717) is 0 Å². The number of hydrogen-bond donors (Lipinski definition) is 1. The monoisotopic (exact) mass is 292 g/mol. The number of furan rings is 1. The fraction of sp³-hybridized carbons (Fsp3) is 0.375. The fourth-order valence-electron chi connectivity index (χ4n) is 2.41. The number of nitrogens with one attached hydrogen (secondary N) is 1. The zero-order valence-corrected chi connectivity index (χ0v) is 13.4. The number of rotatable bonds is 4. The van der Waals surface area contributed by atoms with Crippen LogP contribution >= 0.6 is 11.6 Å². The number of hydrogen-bond acceptors (Lipinski definition) is 3. The molecule has 0 amide bonds. The molecule has 0 spiro atoms. The van der Waals surface area contributed by atoms with Crippen molar-refractivity contribution >= 4 is 23.0 Å². The molecule has 4 heteroatoms. The molecule has 1 aromatic carbocycles. The third-order valence-electron chi connectivity index (χ3n) is 3.36. The van der Waals surface area contributed by atoms with Crippen LogP contribution in [0.5, 0.6) is 0 Å². The van der Waals surface area contributed by atoms with Crippen LogP contribution in [-0.4, -0.2) is 14.1 Å². The molecule has 1 heterocycles. The minimum atomic E-state index is 0.157. The van der Waals surface area contributed by atoms with Crippen LogP contribution < -0.4 is 10.2 Å². The summed E-state index contributed by atoms with van der Waals surface area (Å²) in [7, 11) is 4.04. The summed E-state index contributed by atoms with van der Waals surface area (Å²) in [5, 5.41) is 4.24. The second-order valence-corrected chi connectivity index (χ2v) is 5.73. The first-order valence-corrected chi connectivity index (χ1v) is 7.06. The maximum atomic E-state index is 6.11. The molecule has 1 aromatic heterocycles. The Morgan fingerprint density at radius 3 is 2.45 bits per heavy atom. The van der Waals surface area contributed by atoms with E-state index in [0.717, 1.165) is 27.9 Å². The summed E-state index contributed by atoms with van der Waals surface area (Å²) in [5.41, 5.74) is 3.31. The van der Waals surface area contributed by atoms with Gasteiger partial charge in [0.25, 0.3) is 0 Å². The highest BCUT2D eigenvalue weighted by Crippen LogP contribution is 2.32. The van der Waals surface area contributed by atoms with Crippen LogP contribution in [0.15, 0.2) is 28.7 Å². The highest BCUT2D eigenvalue weighted by Gasteiger charge is 2.15. The molecule has 0 saturated carbocycles. The smallest absolute Gasteiger partial charge is 0.106 e. The Labute approximate surface area is 125 Å². The lowest BCUT2D eigenvalue weighted by Gasteiger charge is -2.22. The van der Waals surface area contributed by atoms with Crippen molar-refractivity contribution in [2.75, 3.05) is 24.3 Å². The molecule has 1 atom stereocenters. The molecule has 3 nitrogen and oxygen atoms in total. The second kappa shape index (κ2) is 5.80. The fourth-order valence-corrected chi connectivity index (χ4v) is 2.58. The Hall–Kier alpha value is -1.61. The van der Waals surface area contributed by atoms with Crippen LogP contribution in [0.1, 0.15) is 30.0 Å². The molecule has 0 aliphatic rings. The number of benzene rings is 1. The maximum absolute atomic E-state index is 6.11. The van der Waals surface area contributed by atoms with E-state index in [1.165, 1.54) is 5.56 Å². The van der Waals surface area contributed by atoms with Gasteiger partial charge in [0.05, 0.1) is 17.4 Å². The Bertz CT molecular complexity index is 605. The largest absolute Gasteiger partial charge is 0.466 e. The first kappa shape index (κ1) is 14.8. The lowest BCUT2D eigenvalue weighted by atomic mass is 10.1. The van der Waals surface area contributed by atoms with Crippen molar-refractivity contribution in [3.8, 4) is 0 Å². The van der Waals surface area contributed by atoms with Gasteiger partial charge in [-0.25, -0.2) is 0 Å². The second-order valence-electron chi connectivity index (χ2n) is 5.29. The van der Waals surface area contributed by atoms with Crippen LogP contribution in [0.25, 0.3) is 0 Å². The average Bonchev–Trinajstić information content (AvgIpc) is 2.68. The molecule has 0 bridgehead atoms.